The first-order chi connectivity index (χ1) is 20.5. The van der Waals surface area contributed by atoms with Gasteiger partial charge in [0.05, 0.1) is 24.3 Å². The zero-order chi connectivity index (χ0) is 28.6. The largest absolute Gasteiger partial charge is 0.489 e. The SMILES string of the molecule is Nc1nc2c(c(N3CCN(CCOC4CC(C(=O)O)C4)CC3)n1)CCc1cc(OCc3ccc(C4CC4)cc3)ccc1-2. The molecular weight excluding hydrogens is 530 g/mol. The molecule has 1 aromatic heterocycles. The number of aryl methyl sites for hydroxylation is 1. The maximum atomic E-state index is 11.0. The Morgan fingerprint density at radius 2 is 1.79 bits per heavy atom. The van der Waals surface area contributed by atoms with Crippen LogP contribution < -0.4 is 15.4 Å². The van der Waals surface area contributed by atoms with E-state index in [0.29, 0.717) is 32.0 Å². The van der Waals surface area contributed by atoms with E-state index in [1.165, 1.54) is 35.1 Å². The number of hydrogen-bond donors (Lipinski definition) is 2. The van der Waals surface area contributed by atoms with Crippen LogP contribution in [0, 0.1) is 5.92 Å². The highest BCUT2D eigenvalue weighted by Crippen LogP contribution is 2.40. The molecule has 0 spiro atoms. The number of carbonyl (C=O) groups is 1. The second-order valence-electron chi connectivity index (χ2n) is 12.2. The predicted molar refractivity (Wildman–Crippen MR) is 161 cm³/mol. The van der Waals surface area contributed by atoms with Gasteiger partial charge in [-0.3, -0.25) is 9.69 Å². The van der Waals surface area contributed by atoms with Crippen molar-refractivity contribution in [1.82, 2.24) is 14.9 Å². The van der Waals surface area contributed by atoms with Crippen LogP contribution in [0.1, 0.15) is 53.9 Å². The molecule has 4 aliphatic rings. The molecule has 3 N–H and O–H groups in total. The molecule has 220 valence electrons. The van der Waals surface area contributed by atoms with Crippen LogP contribution in [0.25, 0.3) is 11.3 Å². The van der Waals surface area contributed by atoms with Gasteiger partial charge in [0.1, 0.15) is 18.2 Å². The standard InChI is InChI=1S/C33H39N5O4/c34-33-35-30-28-10-8-26(42-20-21-1-3-22(4-2-21)23-5-6-23)17-24(28)7-9-29(30)31(36-33)38-13-11-37(12-14-38)15-16-41-27-18-25(19-27)32(39)40/h1-4,8,10,17,23,25,27H,5-7,9,11-16,18-20H2,(H,39,40)(H2,34,35,36). The Bertz CT molecular complexity index is 1440. The molecule has 3 aromatic rings. The van der Waals surface area contributed by atoms with E-state index < -0.39 is 5.97 Å². The van der Waals surface area contributed by atoms with Gasteiger partial charge in [-0.25, -0.2) is 4.98 Å². The van der Waals surface area contributed by atoms with Crippen LogP contribution in [-0.2, 0) is 29.0 Å². The van der Waals surface area contributed by atoms with E-state index in [4.69, 9.17) is 30.3 Å². The van der Waals surface area contributed by atoms with Crippen molar-refractivity contribution in [2.24, 2.45) is 5.92 Å². The lowest BCUT2D eigenvalue weighted by Crippen LogP contribution is -2.48. The molecule has 7 rings (SSSR count). The van der Waals surface area contributed by atoms with Gasteiger partial charge in [-0.15, -0.1) is 0 Å². The third-order valence-corrected chi connectivity index (χ3v) is 9.29. The van der Waals surface area contributed by atoms with Crippen LogP contribution in [0.2, 0.25) is 0 Å². The van der Waals surface area contributed by atoms with Gasteiger partial charge in [-0.05, 0) is 79.3 Å². The first-order valence-electron chi connectivity index (χ1n) is 15.3. The van der Waals surface area contributed by atoms with E-state index in [9.17, 15) is 4.79 Å². The minimum atomic E-state index is -0.707. The van der Waals surface area contributed by atoms with Gasteiger partial charge in [0.2, 0.25) is 5.95 Å². The lowest BCUT2D eigenvalue weighted by molar-refractivity contribution is -0.151. The van der Waals surface area contributed by atoms with Crippen molar-refractivity contribution in [1.29, 1.82) is 0 Å². The Morgan fingerprint density at radius 1 is 1.00 bits per heavy atom. The summed E-state index contributed by atoms with van der Waals surface area (Å²) in [6.45, 7) is 5.64. The lowest BCUT2D eigenvalue weighted by atomic mass is 9.82. The van der Waals surface area contributed by atoms with Gasteiger partial charge in [-0.1, -0.05) is 24.3 Å². The monoisotopic (exact) mass is 569 g/mol. The fourth-order valence-electron chi connectivity index (χ4n) is 6.47. The highest BCUT2D eigenvalue weighted by Gasteiger charge is 2.35. The Balaban J connectivity index is 0.961. The van der Waals surface area contributed by atoms with E-state index in [2.05, 4.69) is 46.2 Å². The predicted octanol–water partition coefficient (Wildman–Crippen LogP) is 4.28. The van der Waals surface area contributed by atoms with Gasteiger partial charge in [0.15, 0.2) is 0 Å². The number of rotatable bonds is 10. The fourth-order valence-corrected chi connectivity index (χ4v) is 6.47. The maximum Gasteiger partial charge on any atom is 0.306 e. The summed E-state index contributed by atoms with van der Waals surface area (Å²) in [5, 5.41) is 9.03. The molecule has 1 aliphatic heterocycles. The molecular formula is C33H39N5O4. The number of carboxylic acid groups (broad SMARTS) is 1. The number of hydrogen-bond acceptors (Lipinski definition) is 8. The highest BCUT2D eigenvalue weighted by molar-refractivity contribution is 5.76. The Kier molecular flexibility index (Phi) is 7.46. The summed E-state index contributed by atoms with van der Waals surface area (Å²) in [6, 6.07) is 15.2. The fraction of sp³-hybridized carbons (Fsp3) is 0.485. The van der Waals surface area contributed by atoms with Gasteiger partial charge in [0, 0.05) is 43.9 Å². The van der Waals surface area contributed by atoms with Crippen molar-refractivity contribution in [3.8, 4) is 17.0 Å². The van der Waals surface area contributed by atoms with E-state index in [1.54, 1.807) is 0 Å². The topological polar surface area (TPSA) is 114 Å². The number of ether oxygens (including phenoxy) is 2. The molecule has 0 radical (unpaired) electrons. The van der Waals surface area contributed by atoms with E-state index in [-0.39, 0.29) is 12.0 Å². The third kappa shape index (κ3) is 5.80. The van der Waals surface area contributed by atoms with E-state index >= 15 is 0 Å². The molecule has 3 aliphatic carbocycles. The minimum absolute atomic E-state index is 0.0948. The number of nitrogens with zero attached hydrogens (tertiary/aromatic N) is 4. The van der Waals surface area contributed by atoms with Crippen molar-refractivity contribution in [2.75, 3.05) is 50.0 Å². The van der Waals surface area contributed by atoms with Crippen LogP contribution >= 0.6 is 0 Å². The van der Waals surface area contributed by atoms with Crippen LogP contribution in [0.4, 0.5) is 11.8 Å². The summed E-state index contributed by atoms with van der Waals surface area (Å²) in [5.74, 6) is 1.98. The first kappa shape index (κ1) is 27.2. The Labute approximate surface area is 246 Å². The molecule has 1 saturated heterocycles. The molecule has 3 fully saturated rings. The number of fused-ring (bicyclic) bond motifs is 3. The first-order valence-corrected chi connectivity index (χ1v) is 15.3. The summed E-state index contributed by atoms with van der Waals surface area (Å²) >= 11 is 0. The Hall–Kier alpha value is -3.69. The number of nitrogen functional groups attached to an aromatic ring is 1. The van der Waals surface area contributed by atoms with Crippen molar-refractivity contribution < 1.29 is 19.4 Å². The van der Waals surface area contributed by atoms with Crippen LogP contribution in [0.3, 0.4) is 0 Å². The van der Waals surface area contributed by atoms with Gasteiger partial charge in [0.25, 0.3) is 0 Å². The minimum Gasteiger partial charge on any atom is -0.489 e. The Morgan fingerprint density at radius 3 is 2.52 bits per heavy atom. The third-order valence-electron chi connectivity index (χ3n) is 9.29. The number of nitrogens with two attached hydrogens (primary N) is 1. The molecule has 2 heterocycles. The number of aliphatic carboxylic acids is 1. The molecule has 0 amide bonds. The highest BCUT2D eigenvalue weighted by atomic mass is 16.5. The second kappa shape index (κ2) is 11.5. The van der Waals surface area contributed by atoms with Crippen molar-refractivity contribution in [3.05, 3.63) is 64.7 Å². The maximum absolute atomic E-state index is 11.0. The second-order valence-corrected chi connectivity index (χ2v) is 12.2. The zero-order valence-electron chi connectivity index (χ0n) is 24.0. The molecule has 2 saturated carbocycles. The smallest absolute Gasteiger partial charge is 0.306 e. The van der Waals surface area contributed by atoms with Gasteiger partial charge >= 0.3 is 5.97 Å². The van der Waals surface area contributed by atoms with Crippen LogP contribution in [0.5, 0.6) is 5.75 Å². The lowest BCUT2D eigenvalue weighted by Gasteiger charge is -2.38. The molecule has 9 nitrogen and oxygen atoms in total. The summed E-state index contributed by atoms with van der Waals surface area (Å²) in [4.78, 5) is 25.1. The van der Waals surface area contributed by atoms with E-state index in [1.807, 2.05) is 6.07 Å². The molecule has 0 atom stereocenters. The van der Waals surface area contributed by atoms with Crippen molar-refractivity contribution in [2.45, 2.75) is 57.2 Å². The van der Waals surface area contributed by atoms with E-state index in [0.717, 1.165) is 74.3 Å². The number of aromatic nitrogens is 2. The number of piperazine rings is 1. The molecule has 2 aromatic carbocycles. The summed E-state index contributed by atoms with van der Waals surface area (Å²) in [5.41, 5.74) is 13.4. The van der Waals surface area contributed by atoms with Crippen molar-refractivity contribution >= 4 is 17.7 Å². The molecule has 42 heavy (non-hydrogen) atoms. The van der Waals surface area contributed by atoms with Gasteiger partial charge in [-0.2, -0.15) is 4.98 Å². The molecule has 0 bridgehead atoms. The number of anilines is 2. The number of benzene rings is 2. The molecule has 0 unspecified atom stereocenters. The quantitative estimate of drug-likeness (QED) is 0.369. The van der Waals surface area contributed by atoms with Crippen molar-refractivity contribution in [3.63, 3.8) is 0 Å². The van der Waals surface area contributed by atoms with Crippen LogP contribution in [-0.4, -0.2) is 71.4 Å². The average molecular weight is 570 g/mol. The average Bonchev–Trinajstić information content (AvgIpc) is 3.83. The summed E-state index contributed by atoms with van der Waals surface area (Å²) in [6.07, 6.45) is 5.79. The summed E-state index contributed by atoms with van der Waals surface area (Å²) in [7, 11) is 0. The number of carboxylic acids is 1. The normalized spacial score (nSPS) is 21.8. The molecule has 9 heteroatoms. The zero-order valence-corrected chi connectivity index (χ0v) is 24.0. The van der Waals surface area contributed by atoms with Crippen LogP contribution in [0.15, 0.2) is 42.5 Å². The van der Waals surface area contributed by atoms with Gasteiger partial charge < -0.3 is 25.2 Å². The summed E-state index contributed by atoms with van der Waals surface area (Å²) < 4.78 is 12.1.